The fourth-order valence-electron chi connectivity index (χ4n) is 3.16. The molecule has 0 aliphatic carbocycles. The molecule has 0 atom stereocenters. The minimum Gasteiger partial charge on any atom is -0.340 e. The summed E-state index contributed by atoms with van der Waals surface area (Å²) in [5.74, 6) is -0.167. The molecule has 1 aliphatic rings. The first-order valence-electron chi connectivity index (χ1n) is 8.90. The number of thiophene rings is 1. The Morgan fingerprint density at radius 3 is 2.50 bits per heavy atom. The van der Waals surface area contributed by atoms with Crippen LogP contribution in [0.3, 0.4) is 0 Å². The van der Waals surface area contributed by atoms with Crippen molar-refractivity contribution in [1.82, 2.24) is 14.8 Å². The topological polar surface area (TPSA) is 36.4 Å². The van der Waals surface area contributed by atoms with E-state index in [9.17, 15) is 9.18 Å². The molecular weight excluding hydrogens is 417 g/mol. The zero-order valence-electron chi connectivity index (χ0n) is 15.2. The van der Waals surface area contributed by atoms with Gasteiger partial charge in [0.1, 0.15) is 10.8 Å². The maximum atomic E-state index is 13.0. The number of rotatable bonds is 5. The van der Waals surface area contributed by atoms with Crippen molar-refractivity contribution in [3.05, 3.63) is 63.5 Å². The maximum Gasteiger partial charge on any atom is 0.227 e. The van der Waals surface area contributed by atoms with Gasteiger partial charge in [0.05, 0.1) is 23.5 Å². The van der Waals surface area contributed by atoms with Gasteiger partial charge >= 0.3 is 0 Å². The van der Waals surface area contributed by atoms with Crippen molar-refractivity contribution in [3.63, 3.8) is 0 Å². The van der Waals surface area contributed by atoms with Gasteiger partial charge in [0.2, 0.25) is 5.91 Å². The van der Waals surface area contributed by atoms with Crippen LogP contribution in [0.15, 0.2) is 47.2 Å². The van der Waals surface area contributed by atoms with Crippen LogP contribution < -0.4 is 0 Å². The standard InChI is InChI=1S/C20H20FN3OS2.ClH/c21-16-5-3-15(4-6-16)12-20(25)24-9-7-23(8-10-24)13-19-22-17(14-27-19)18-2-1-11-26-18;/h1-6,11,14H,7-10,12-13H2;1H. The third-order valence-electron chi connectivity index (χ3n) is 4.68. The van der Waals surface area contributed by atoms with Crippen molar-refractivity contribution >= 4 is 41.0 Å². The molecule has 1 fully saturated rings. The highest BCUT2D eigenvalue weighted by molar-refractivity contribution is 7.14. The highest BCUT2D eigenvalue weighted by Gasteiger charge is 2.22. The van der Waals surface area contributed by atoms with Crippen molar-refractivity contribution in [2.75, 3.05) is 26.2 Å². The van der Waals surface area contributed by atoms with E-state index in [1.165, 1.54) is 17.0 Å². The molecule has 1 amide bonds. The molecule has 2 aromatic heterocycles. The minimum absolute atomic E-state index is 0. The molecule has 4 rings (SSSR count). The summed E-state index contributed by atoms with van der Waals surface area (Å²) in [7, 11) is 0. The Morgan fingerprint density at radius 1 is 1.07 bits per heavy atom. The van der Waals surface area contributed by atoms with Gasteiger partial charge in [-0.1, -0.05) is 18.2 Å². The van der Waals surface area contributed by atoms with Gasteiger partial charge in [0.25, 0.3) is 0 Å². The van der Waals surface area contributed by atoms with E-state index < -0.39 is 0 Å². The first-order valence-corrected chi connectivity index (χ1v) is 10.7. The van der Waals surface area contributed by atoms with Crippen LogP contribution in [0.2, 0.25) is 0 Å². The Bertz CT molecular complexity index is 891. The van der Waals surface area contributed by atoms with E-state index in [2.05, 4.69) is 21.7 Å². The Kier molecular flexibility index (Phi) is 7.18. The molecule has 148 valence electrons. The summed E-state index contributed by atoms with van der Waals surface area (Å²) >= 11 is 3.40. The second-order valence-electron chi connectivity index (χ2n) is 6.56. The highest BCUT2D eigenvalue weighted by Crippen LogP contribution is 2.26. The third-order valence-corrected chi connectivity index (χ3v) is 6.40. The number of hydrogen-bond donors (Lipinski definition) is 0. The van der Waals surface area contributed by atoms with E-state index in [0.717, 1.165) is 49.0 Å². The molecular formula is C20H21ClFN3OS2. The van der Waals surface area contributed by atoms with Gasteiger partial charge in [0, 0.05) is 31.6 Å². The van der Waals surface area contributed by atoms with Crippen molar-refractivity contribution in [1.29, 1.82) is 0 Å². The summed E-state index contributed by atoms with van der Waals surface area (Å²) in [4.78, 5) is 22.6. The Labute approximate surface area is 178 Å². The second-order valence-corrected chi connectivity index (χ2v) is 8.45. The van der Waals surface area contributed by atoms with E-state index in [4.69, 9.17) is 4.98 Å². The van der Waals surface area contributed by atoms with Crippen LogP contribution >= 0.6 is 35.1 Å². The predicted molar refractivity (Wildman–Crippen MR) is 115 cm³/mol. The number of benzene rings is 1. The molecule has 0 N–H and O–H groups in total. The third kappa shape index (κ3) is 5.17. The van der Waals surface area contributed by atoms with E-state index in [0.29, 0.717) is 6.42 Å². The van der Waals surface area contributed by atoms with Crippen molar-refractivity contribution in [2.45, 2.75) is 13.0 Å². The van der Waals surface area contributed by atoms with Gasteiger partial charge in [0.15, 0.2) is 0 Å². The van der Waals surface area contributed by atoms with Crippen molar-refractivity contribution < 1.29 is 9.18 Å². The number of carbonyl (C=O) groups is 1. The molecule has 3 aromatic rings. The summed E-state index contributed by atoms with van der Waals surface area (Å²) in [5, 5.41) is 5.30. The van der Waals surface area contributed by atoms with E-state index >= 15 is 0 Å². The van der Waals surface area contributed by atoms with Crippen LogP contribution in [0, 0.1) is 5.82 Å². The largest absolute Gasteiger partial charge is 0.340 e. The van der Waals surface area contributed by atoms with Crippen LogP contribution in [-0.4, -0.2) is 46.9 Å². The SMILES string of the molecule is Cl.O=C(Cc1ccc(F)cc1)N1CCN(Cc2nc(-c3cccs3)cs2)CC1. The van der Waals surface area contributed by atoms with E-state index in [-0.39, 0.29) is 24.1 Å². The average Bonchev–Trinajstić information content (AvgIpc) is 3.36. The lowest BCUT2D eigenvalue weighted by atomic mass is 10.1. The molecule has 1 aromatic carbocycles. The van der Waals surface area contributed by atoms with Crippen LogP contribution in [0.1, 0.15) is 10.6 Å². The first-order chi connectivity index (χ1) is 13.2. The number of thiazole rings is 1. The monoisotopic (exact) mass is 437 g/mol. The molecule has 4 nitrogen and oxygen atoms in total. The first kappa shape index (κ1) is 20.9. The van der Waals surface area contributed by atoms with Gasteiger partial charge in [-0.05, 0) is 29.1 Å². The van der Waals surface area contributed by atoms with Gasteiger partial charge in [-0.15, -0.1) is 35.1 Å². The smallest absolute Gasteiger partial charge is 0.227 e. The highest BCUT2D eigenvalue weighted by atomic mass is 35.5. The number of nitrogens with zero attached hydrogens (tertiary/aromatic N) is 3. The van der Waals surface area contributed by atoms with E-state index in [1.54, 1.807) is 34.8 Å². The summed E-state index contributed by atoms with van der Waals surface area (Å²) in [6.45, 7) is 3.98. The van der Waals surface area contributed by atoms with Crippen LogP contribution in [0.4, 0.5) is 4.39 Å². The molecule has 8 heteroatoms. The molecule has 1 aliphatic heterocycles. The second kappa shape index (κ2) is 9.60. The summed E-state index contributed by atoms with van der Waals surface area (Å²) in [6.07, 6.45) is 0.330. The molecule has 0 saturated carbocycles. The number of amides is 1. The zero-order chi connectivity index (χ0) is 18.6. The predicted octanol–water partition coefficient (Wildman–Crippen LogP) is 4.32. The number of hydrogen-bond acceptors (Lipinski definition) is 5. The number of carbonyl (C=O) groups excluding carboxylic acids is 1. The molecule has 3 heterocycles. The van der Waals surface area contributed by atoms with Gasteiger partial charge in [-0.2, -0.15) is 0 Å². The Morgan fingerprint density at radius 2 is 1.82 bits per heavy atom. The summed E-state index contributed by atoms with van der Waals surface area (Å²) in [5.41, 5.74) is 1.91. The number of halogens is 2. The molecule has 1 saturated heterocycles. The minimum atomic E-state index is -0.274. The molecule has 0 radical (unpaired) electrons. The Balaban J connectivity index is 0.00000225. The normalized spacial score (nSPS) is 14.7. The molecule has 0 unspecified atom stereocenters. The quantitative estimate of drug-likeness (QED) is 0.596. The van der Waals surface area contributed by atoms with Crippen molar-refractivity contribution in [3.8, 4) is 10.6 Å². The molecule has 0 spiro atoms. The average molecular weight is 438 g/mol. The zero-order valence-corrected chi connectivity index (χ0v) is 17.7. The summed E-state index contributed by atoms with van der Waals surface area (Å²) in [6, 6.07) is 10.3. The van der Waals surface area contributed by atoms with Crippen LogP contribution in [0.5, 0.6) is 0 Å². The van der Waals surface area contributed by atoms with Crippen LogP contribution in [-0.2, 0) is 17.8 Å². The lowest BCUT2D eigenvalue weighted by Gasteiger charge is -2.34. The lowest BCUT2D eigenvalue weighted by molar-refractivity contribution is -0.132. The van der Waals surface area contributed by atoms with Gasteiger partial charge in [-0.3, -0.25) is 9.69 Å². The van der Waals surface area contributed by atoms with Crippen molar-refractivity contribution in [2.24, 2.45) is 0 Å². The van der Waals surface area contributed by atoms with Gasteiger partial charge in [-0.25, -0.2) is 9.37 Å². The molecule has 28 heavy (non-hydrogen) atoms. The Hall–Kier alpha value is -1.80. The number of aromatic nitrogens is 1. The van der Waals surface area contributed by atoms with E-state index in [1.807, 2.05) is 11.0 Å². The summed E-state index contributed by atoms with van der Waals surface area (Å²) < 4.78 is 13.0. The van der Waals surface area contributed by atoms with Gasteiger partial charge < -0.3 is 4.90 Å². The fraction of sp³-hybridized carbons (Fsp3) is 0.300. The lowest BCUT2D eigenvalue weighted by Crippen LogP contribution is -2.48. The number of piperazine rings is 1. The molecule has 0 bridgehead atoms. The van der Waals surface area contributed by atoms with Crippen LogP contribution in [0.25, 0.3) is 10.6 Å². The fourth-order valence-corrected chi connectivity index (χ4v) is 4.75. The maximum absolute atomic E-state index is 13.0.